The lowest BCUT2D eigenvalue weighted by molar-refractivity contribution is 0.666. The lowest BCUT2D eigenvalue weighted by Gasteiger charge is -2.24. The number of fused-ring (bicyclic) bond motifs is 11. The summed E-state index contributed by atoms with van der Waals surface area (Å²) in [4.78, 5) is 10.3. The quantitative estimate of drug-likeness (QED) is 0.201. The third-order valence-corrected chi connectivity index (χ3v) is 9.39. The molecule has 9 rings (SSSR count). The van der Waals surface area contributed by atoms with Gasteiger partial charge in [-0.2, -0.15) is 0 Å². The van der Waals surface area contributed by atoms with Crippen molar-refractivity contribution in [3.05, 3.63) is 145 Å². The molecule has 0 bridgehead atoms. The van der Waals surface area contributed by atoms with Gasteiger partial charge in [0, 0.05) is 16.5 Å². The molecule has 0 saturated carbocycles. The van der Waals surface area contributed by atoms with E-state index in [1.54, 1.807) is 0 Å². The maximum Gasteiger partial charge on any atom is 0.0973 e. The van der Waals surface area contributed by atoms with Crippen molar-refractivity contribution >= 4 is 43.4 Å². The summed E-state index contributed by atoms with van der Waals surface area (Å²) in [6, 6.07) is 47.9. The monoisotopic (exact) mass is 548 g/mol. The molecule has 0 spiro atoms. The van der Waals surface area contributed by atoms with Gasteiger partial charge in [0.05, 0.1) is 22.4 Å². The molecule has 1 heterocycles. The molecule has 0 N–H and O–H groups in total. The van der Waals surface area contributed by atoms with E-state index in [9.17, 15) is 0 Å². The molecule has 8 aromatic rings. The van der Waals surface area contributed by atoms with Crippen LogP contribution in [0.15, 0.2) is 133 Å². The fourth-order valence-corrected chi connectivity index (χ4v) is 7.47. The Hall–Kier alpha value is -5.34. The third-order valence-electron chi connectivity index (χ3n) is 9.39. The van der Waals surface area contributed by atoms with Gasteiger partial charge in [-0.15, -0.1) is 0 Å². The highest BCUT2D eigenvalue weighted by molar-refractivity contribution is 6.26. The van der Waals surface area contributed by atoms with Gasteiger partial charge < -0.3 is 0 Å². The van der Waals surface area contributed by atoms with Crippen LogP contribution in [-0.2, 0) is 5.41 Å². The molecule has 0 amide bonds. The van der Waals surface area contributed by atoms with Crippen LogP contribution in [-0.4, -0.2) is 9.97 Å². The van der Waals surface area contributed by atoms with E-state index < -0.39 is 0 Å². The van der Waals surface area contributed by atoms with Crippen molar-refractivity contribution in [3.8, 4) is 33.6 Å². The highest BCUT2D eigenvalue weighted by Crippen LogP contribution is 2.55. The van der Waals surface area contributed by atoms with Gasteiger partial charge in [-0.3, -0.25) is 0 Å². The van der Waals surface area contributed by atoms with E-state index in [1.165, 1.54) is 54.6 Å². The van der Waals surface area contributed by atoms with E-state index in [-0.39, 0.29) is 5.41 Å². The third kappa shape index (κ3) is 3.41. The molecular weight excluding hydrogens is 520 g/mol. The molecule has 7 aromatic carbocycles. The van der Waals surface area contributed by atoms with Crippen LogP contribution in [0.25, 0.3) is 77.0 Å². The summed E-state index contributed by atoms with van der Waals surface area (Å²) in [5.74, 6) is 0. The number of hydrogen-bond acceptors (Lipinski definition) is 2. The number of aromatic nitrogens is 2. The molecule has 1 aromatic heterocycles. The molecule has 43 heavy (non-hydrogen) atoms. The fourth-order valence-electron chi connectivity index (χ4n) is 7.47. The molecule has 2 heteroatoms. The maximum atomic E-state index is 5.17. The minimum atomic E-state index is -0.0683. The van der Waals surface area contributed by atoms with E-state index in [0.29, 0.717) is 0 Å². The van der Waals surface area contributed by atoms with Crippen molar-refractivity contribution in [2.75, 3.05) is 0 Å². The molecule has 2 nitrogen and oxygen atoms in total. The Balaban J connectivity index is 1.35. The molecule has 1 aliphatic rings. The molecule has 0 saturated heterocycles. The molecular formula is C41H28N2. The summed E-state index contributed by atoms with van der Waals surface area (Å²) < 4.78 is 0. The van der Waals surface area contributed by atoms with Crippen molar-refractivity contribution < 1.29 is 0 Å². The molecule has 202 valence electrons. The van der Waals surface area contributed by atoms with Crippen LogP contribution in [0.3, 0.4) is 0 Å². The van der Waals surface area contributed by atoms with Gasteiger partial charge in [-0.1, -0.05) is 129 Å². The van der Waals surface area contributed by atoms with Gasteiger partial charge in [-0.05, 0) is 72.8 Å². The van der Waals surface area contributed by atoms with Crippen molar-refractivity contribution in [1.82, 2.24) is 9.97 Å². The lowest BCUT2D eigenvalue weighted by atomic mass is 9.79. The maximum absolute atomic E-state index is 5.17. The van der Waals surface area contributed by atoms with Gasteiger partial charge in [0.2, 0.25) is 0 Å². The second-order valence-corrected chi connectivity index (χ2v) is 12.2. The number of nitrogens with zero attached hydrogens (tertiary/aromatic N) is 2. The van der Waals surface area contributed by atoms with Crippen LogP contribution < -0.4 is 0 Å². The van der Waals surface area contributed by atoms with Gasteiger partial charge >= 0.3 is 0 Å². The average molecular weight is 549 g/mol. The number of para-hydroxylation sites is 2. The summed E-state index contributed by atoms with van der Waals surface area (Å²) in [5, 5.41) is 7.76. The summed E-state index contributed by atoms with van der Waals surface area (Å²) in [6.45, 7) is 4.75. The van der Waals surface area contributed by atoms with Crippen LogP contribution in [0.5, 0.6) is 0 Å². The van der Waals surface area contributed by atoms with Crippen LogP contribution >= 0.6 is 0 Å². The fraction of sp³-hybridized carbons (Fsp3) is 0.0732. The molecule has 0 unspecified atom stereocenters. The average Bonchev–Trinajstić information content (AvgIpc) is 3.31. The van der Waals surface area contributed by atoms with Gasteiger partial charge in [0.1, 0.15) is 0 Å². The minimum absolute atomic E-state index is 0.0683. The van der Waals surface area contributed by atoms with Gasteiger partial charge in [-0.25, -0.2) is 9.97 Å². The van der Waals surface area contributed by atoms with Gasteiger partial charge in [0.25, 0.3) is 0 Å². The van der Waals surface area contributed by atoms with E-state index in [2.05, 4.69) is 117 Å². The highest BCUT2D eigenvalue weighted by atomic mass is 14.8. The SMILES string of the molecule is CC1(C)c2ccccc2-c2c1c1ccccc1c1c2ccc2cc(-c3nc4ccccc4nc3-c3ccccc3)ccc21. The van der Waals surface area contributed by atoms with Crippen molar-refractivity contribution in [1.29, 1.82) is 0 Å². The van der Waals surface area contributed by atoms with Crippen LogP contribution in [0, 0.1) is 0 Å². The highest BCUT2D eigenvalue weighted by Gasteiger charge is 2.38. The zero-order valence-electron chi connectivity index (χ0n) is 24.1. The van der Waals surface area contributed by atoms with Crippen LogP contribution in [0.1, 0.15) is 25.0 Å². The first kappa shape index (κ1) is 24.3. The number of benzene rings is 7. The Morgan fingerprint density at radius 1 is 0.488 bits per heavy atom. The molecule has 1 aliphatic carbocycles. The topological polar surface area (TPSA) is 25.8 Å². The van der Waals surface area contributed by atoms with Crippen LogP contribution in [0.4, 0.5) is 0 Å². The Morgan fingerprint density at radius 2 is 1.12 bits per heavy atom. The molecule has 0 aliphatic heterocycles. The molecule has 0 atom stereocenters. The predicted octanol–water partition coefficient (Wildman–Crippen LogP) is 10.7. The number of rotatable bonds is 2. The lowest BCUT2D eigenvalue weighted by Crippen LogP contribution is -2.15. The summed E-state index contributed by atoms with van der Waals surface area (Å²) >= 11 is 0. The minimum Gasteiger partial charge on any atom is -0.244 e. The zero-order chi connectivity index (χ0) is 28.7. The summed E-state index contributed by atoms with van der Waals surface area (Å²) in [5.41, 5.74) is 11.3. The summed E-state index contributed by atoms with van der Waals surface area (Å²) in [6.07, 6.45) is 0. The van der Waals surface area contributed by atoms with Crippen molar-refractivity contribution in [3.63, 3.8) is 0 Å². The van der Waals surface area contributed by atoms with E-state index in [4.69, 9.17) is 9.97 Å². The second kappa shape index (κ2) is 8.83. The van der Waals surface area contributed by atoms with Gasteiger partial charge in [0.15, 0.2) is 0 Å². The van der Waals surface area contributed by atoms with E-state index in [0.717, 1.165) is 33.5 Å². The second-order valence-electron chi connectivity index (χ2n) is 12.2. The first-order chi connectivity index (χ1) is 21.1. The van der Waals surface area contributed by atoms with E-state index >= 15 is 0 Å². The Labute approximate surface area is 250 Å². The van der Waals surface area contributed by atoms with Crippen molar-refractivity contribution in [2.24, 2.45) is 0 Å². The summed E-state index contributed by atoms with van der Waals surface area (Å²) in [7, 11) is 0. The first-order valence-electron chi connectivity index (χ1n) is 14.9. The molecule has 0 radical (unpaired) electrons. The predicted molar refractivity (Wildman–Crippen MR) is 180 cm³/mol. The zero-order valence-corrected chi connectivity index (χ0v) is 24.1. The first-order valence-corrected chi connectivity index (χ1v) is 14.9. The number of hydrogen-bond donors (Lipinski definition) is 0. The standard InChI is InChI=1S/C41H28N2/c1-41(2)33-17-9-8-16-31(33)37-32-23-20-26-24-27(21-22-28(26)36(32)29-14-6-7-15-30(29)38(37)41)40-39(25-12-4-3-5-13-25)42-34-18-10-11-19-35(34)43-40/h3-24H,1-2H3. The Bertz CT molecular complexity index is 2420. The smallest absolute Gasteiger partial charge is 0.0973 e. The largest absolute Gasteiger partial charge is 0.244 e. The van der Waals surface area contributed by atoms with E-state index in [1.807, 2.05) is 30.3 Å². The van der Waals surface area contributed by atoms with Crippen molar-refractivity contribution in [2.45, 2.75) is 19.3 Å². The Kier molecular flexibility index (Phi) is 4.99. The normalized spacial score (nSPS) is 13.5. The van der Waals surface area contributed by atoms with Crippen LogP contribution in [0.2, 0.25) is 0 Å². The Morgan fingerprint density at radius 3 is 1.91 bits per heavy atom. The molecule has 0 fully saturated rings.